The minimum Gasteiger partial charge on any atom is -0.381 e. The summed E-state index contributed by atoms with van der Waals surface area (Å²) in [4.78, 5) is 17.6. The third-order valence-corrected chi connectivity index (χ3v) is 3.82. The molecule has 2 aromatic rings. The Bertz CT molecular complexity index is 713. The van der Waals surface area contributed by atoms with Crippen LogP contribution in [0.3, 0.4) is 0 Å². The van der Waals surface area contributed by atoms with E-state index in [-0.39, 0.29) is 11.5 Å². The molecule has 1 unspecified atom stereocenters. The summed E-state index contributed by atoms with van der Waals surface area (Å²) in [5, 5.41) is 7.93. The van der Waals surface area contributed by atoms with Crippen molar-refractivity contribution in [1.82, 2.24) is 0 Å². The maximum absolute atomic E-state index is 12.5. The van der Waals surface area contributed by atoms with Gasteiger partial charge in [0.05, 0.1) is 10.4 Å². The minimum atomic E-state index is -4.42. The molecule has 128 valence electrons. The first-order valence-electron chi connectivity index (χ1n) is 6.78. The number of nitrogens with two attached hydrogens (primary N) is 1. The lowest BCUT2D eigenvalue weighted by Gasteiger charge is -2.12. The molecule has 0 spiro atoms. The summed E-state index contributed by atoms with van der Waals surface area (Å²) in [6, 6.07) is 7.64. The number of amides is 1. The number of halogens is 3. The van der Waals surface area contributed by atoms with E-state index < -0.39 is 23.8 Å². The average Bonchev–Trinajstić information content (AvgIpc) is 3.06. The van der Waals surface area contributed by atoms with Crippen molar-refractivity contribution < 1.29 is 22.8 Å². The fourth-order valence-corrected chi connectivity index (χ4v) is 2.26. The Balaban J connectivity index is 1.93. The zero-order valence-corrected chi connectivity index (χ0v) is 13.3. The zero-order valence-electron chi connectivity index (χ0n) is 12.5. The zero-order chi connectivity index (χ0) is 17.7. The van der Waals surface area contributed by atoms with Crippen molar-refractivity contribution in [2.75, 3.05) is 5.32 Å². The summed E-state index contributed by atoms with van der Waals surface area (Å²) >= 11 is 1.37. The molecule has 0 radical (unpaired) electrons. The Labute approximate surface area is 139 Å². The monoisotopic (exact) mass is 357 g/mol. The van der Waals surface area contributed by atoms with Crippen LogP contribution in [0.2, 0.25) is 0 Å². The number of carbonyl (C=O) groups is 1. The van der Waals surface area contributed by atoms with E-state index in [1.807, 2.05) is 5.38 Å². The molecule has 9 heteroatoms. The van der Waals surface area contributed by atoms with Gasteiger partial charge in [-0.1, -0.05) is 11.2 Å². The molecule has 0 saturated carbocycles. The predicted octanol–water partition coefficient (Wildman–Crippen LogP) is 3.43. The Hall–Kier alpha value is -2.55. The second-order valence-electron chi connectivity index (χ2n) is 4.77. The lowest BCUT2D eigenvalue weighted by molar-refractivity contribution is -0.137. The Morgan fingerprint density at radius 2 is 1.96 bits per heavy atom. The molecule has 0 aliphatic heterocycles. The van der Waals surface area contributed by atoms with Gasteiger partial charge in [-0.2, -0.15) is 13.2 Å². The molecule has 3 N–H and O–H groups in total. The number of hydrogen-bond donors (Lipinski definition) is 2. The van der Waals surface area contributed by atoms with Crippen LogP contribution >= 0.6 is 11.3 Å². The number of nitrogens with one attached hydrogen (secondary N) is 1. The smallest absolute Gasteiger partial charge is 0.381 e. The molecule has 0 aliphatic carbocycles. The van der Waals surface area contributed by atoms with Crippen molar-refractivity contribution in [2.24, 2.45) is 10.9 Å². The van der Waals surface area contributed by atoms with Crippen LogP contribution in [0.15, 0.2) is 46.9 Å². The SMILES string of the molecule is CC(ON=C(N)c1cccs1)C(=O)Nc1ccc(C(F)(F)F)cc1. The summed E-state index contributed by atoms with van der Waals surface area (Å²) in [5.74, 6) is -0.420. The highest BCUT2D eigenvalue weighted by atomic mass is 32.1. The van der Waals surface area contributed by atoms with E-state index in [1.54, 1.807) is 12.1 Å². The van der Waals surface area contributed by atoms with Crippen LogP contribution in [0.25, 0.3) is 0 Å². The second-order valence-corrected chi connectivity index (χ2v) is 5.71. The molecule has 1 aromatic carbocycles. The van der Waals surface area contributed by atoms with Gasteiger partial charge in [0, 0.05) is 5.69 Å². The van der Waals surface area contributed by atoms with E-state index in [4.69, 9.17) is 10.6 Å². The third-order valence-electron chi connectivity index (χ3n) is 2.93. The number of alkyl halides is 3. The molecule has 0 fully saturated rings. The molecule has 0 aliphatic rings. The largest absolute Gasteiger partial charge is 0.416 e. The van der Waals surface area contributed by atoms with Crippen LogP contribution in [0, 0.1) is 0 Å². The van der Waals surface area contributed by atoms with Gasteiger partial charge in [-0.05, 0) is 42.6 Å². The Kier molecular flexibility index (Phi) is 5.45. The van der Waals surface area contributed by atoms with E-state index in [1.165, 1.54) is 18.3 Å². The van der Waals surface area contributed by atoms with E-state index in [2.05, 4.69) is 10.5 Å². The normalized spacial score (nSPS) is 13.4. The van der Waals surface area contributed by atoms with Crippen LogP contribution < -0.4 is 11.1 Å². The van der Waals surface area contributed by atoms with Crippen LogP contribution in [0.1, 0.15) is 17.4 Å². The van der Waals surface area contributed by atoms with Gasteiger partial charge < -0.3 is 15.9 Å². The quantitative estimate of drug-likeness (QED) is 0.489. The van der Waals surface area contributed by atoms with E-state index >= 15 is 0 Å². The maximum atomic E-state index is 12.5. The topological polar surface area (TPSA) is 76.7 Å². The van der Waals surface area contributed by atoms with Gasteiger partial charge in [-0.15, -0.1) is 11.3 Å². The molecule has 0 bridgehead atoms. The van der Waals surface area contributed by atoms with Crippen LogP contribution in [0.4, 0.5) is 18.9 Å². The standard InChI is InChI=1S/C15H14F3N3O2S/c1-9(23-21-13(19)12-3-2-8-24-12)14(22)20-11-6-4-10(5-7-11)15(16,17)18/h2-9H,1H3,(H2,19,21)(H,20,22). The van der Waals surface area contributed by atoms with Crippen molar-refractivity contribution in [3.63, 3.8) is 0 Å². The summed E-state index contributed by atoms with van der Waals surface area (Å²) in [6.07, 6.45) is -5.39. The van der Waals surface area contributed by atoms with Crippen molar-refractivity contribution in [2.45, 2.75) is 19.2 Å². The summed E-state index contributed by atoms with van der Waals surface area (Å²) in [6.45, 7) is 1.45. The molecule has 1 heterocycles. The number of thiophene rings is 1. The maximum Gasteiger partial charge on any atom is 0.416 e. The molecule has 1 atom stereocenters. The van der Waals surface area contributed by atoms with Crippen LogP contribution in [-0.2, 0) is 15.8 Å². The number of rotatable bonds is 5. The third kappa shape index (κ3) is 4.72. The molecule has 24 heavy (non-hydrogen) atoms. The van der Waals surface area contributed by atoms with Crippen molar-refractivity contribution in [3.05, 3.63) is 52.2 Å². The fraction of sp³-hybridized carbons (Fsp3) is 0.200. The highest BCUT2D eigenvalue weighted by molar-refractivity contribution is 7.12. The minimum absolute atomic E-state index is 0.138. The highest BCUT2D eigenvalue weighted by Crippen LogP contribution is 2.29. The Morgan fingerprint density at radius 3 is 2.50 bits per heavy atom. The molecule has 1 amide bonds. The first-order chi connectivity index (χ1) is 11.3. The highest BCUT2D eigenvalue weighted by Gasteiger charge is 2.30. The van der Waals surface area contributed by atoms with E-state index in [0.717, 1.165) is 24.3 Å². The number of nitrogens with zero attached hydrogens (tertiary/aromatic N) is 1. The number of oxime groups is 1. The van der Waals surface area contributed by atoms with Gasteiger partial charge in [0.15, 0.2) is 5.84 Å². The fourth-order valence-electron chi connectivity index (χ4n) is 1.64. The second kappa shape index (κ2) is 7.35. The predicted molar refractivity (Wildman–Crippen MR) is 85.7 cm³/mol. The average molecular weight is 357 g/mol. The van der Waals surface area contributed by atoms with Crippen LogP contribution in [-0.4, -0.2) is 17.8 Å². The molecule has 0 saturated heterocycles. The number of amidine groups is 1. The van der Waals surface area contributed by atoms with E-state index in [9.17, 15) is 18.0 Å². The lowest BCUT2D eigenvalue weighted by atomic mass is 10.2. The first kappa shape index (κ1) is 17.8. The van der Waals surface area contributed by atoms with Crippen molar-refractivity contribution in [1.29, 1.82) is 0 Å². The molecular formula is C15H14F3N3O2S. The van der Waals surface area contributed by atoms with Gasteiger partial charge in [0.1, 0.15) is 0 Å². The first-order valence-corrected chi connectivity index (χ1v) is 7.66. The molecule has 5 nitrogen and oxygen atoms in total. The molecule has 1 aromatic heterocycles. The van der Waals surface area contributed by atoms with Gasteiger partial charge in [-0.3, -0.25) is 4.79 Å². The number of benzene rings is 1. The number of anilines is 1. The van der Waals surface area contributed by atoms with Gasteiger partial charge >= 0.3 is 6.18 Å². The van der Waals surface area contributed by atoms with Crippen molar-refractivity contribution in [3.8, 4) is 0 Å². The summed E-state index contributed by atoms with van der Waals surface area (Å²) in [7, 11) is 0. The molecular weight excluding hydrogens is 343 g/mol. The van der Waals surface area contributed by atoms with E-state index in [0.29, 0.717) is 4.88 Å². The molecule has 2 rings (SSSR count). The van der Waals surface area contributed by atoms with Gasteiger partial charge in [0.2, 0.25) is 6.10 Å². The number of hydrogen-bond acceptors (Lipinski definition) is 4. The van der Waals surface area contributed by atoms with Crippen molar-refractivity contribution >= 4 is 28.8 Å². The number of carbonyl (C=O) groups excluding carboxylic acids is 1. The van der Waals surface area contributed by atoms with Crippen LogP contribution in [0.5, 0.6) is 0 Å². The van der Waals surface area contributed by atoms with Gasteiger partial charge in [0.25, 0.3) is 5.91 Å². The summed E-state index contributed by atoms with van der Waals surface area (Å²) in [5.41, 5.74) is 5.12. The van der Waals surface area contributed by atoms with Gasteiger partial charge in [-0.25, -0.2) is 0 Å². The lowest BCUT2D eigenvalue weighted by Crippen LogP contribution is -2.27. The Morgan fingerprint density at radius 1 is 1.29 bits per heavy atom. The summed E-state index contributed by atoms with van der Waals surface area (Å²) < 4.78 is 37.4.